The van der Waals surface area contributed by atoms with Gasteiger partial charge in [-0.2, -0.15) is 9.97 Å². The Bertz CT molecular complexity index is 2740. The number of benzene rings is 6. The summed E-state index contributed by atoms with van der Waals surface area (Å²) in [7, 11) is 0. The van der Waals surface area contributed by atoms with Crippen molar-refractivity contribution in [3.8, 4) is 28.7 Å². The summed E-state index contributed by atoms with van der Waals surface area (Å²) in [6, 6.07) is 53.1. The van der Waals surface area contributed by atoms with Gasteiger partial charge in [0.2, 0.25) is 5.95 Å². The van der Waals surface area contributed by atoms with E-state index in [1.807, 2.05) is 36.4 Å². The molecule has 0 aliphatic rings. The first-order chi connectivity index (χ1) is 22.8. The monoisotopic (exact) mass is 587 g/mol. The zero-order valence-corrected chi connectivity index (χ0v) is 24.7. The molecule has 0 fully saturated rings. The lowest BCUT2D eigenvalue weighted by molar-refractivity contribution is 0.955. The second-order valence-corrected chi connectivity index (χ2v) is 11.7. The van der Waals surface area contributed by atoms with Gasteiger partial charge in [0, 0.05) is 27.3 Å². The second-order valence-electron chi connectivity index (χ2n) is 11.7. The lowest BCUT2D eigenvalue weighted by Crippen LogP contribution is -2.06. The number of rotatable bonds is 3. The van der Waals surface area contributed by atoms with E-state index in [4.69, 9.17) is 15.0 Å². The Hall–Kier alpha value is -6.33. The molecular formula is C41H25N5. The van der Waals surface area contributed by atoms with E-state index >= 15 is 0 Å². The Morgan fingerprint density at radius 1 is 0.348 bits per heavy atom. The number of hydrogen-bond acceptors (Lipinski definition) is 3. The topological polar surface area (TPSA) is 48.0 Å². The van der Waals surface area contributed by atoms with Gasteiger partial charge in [-0.1, -0.05) is 133 Å². The predicted octanol–water partition coefficient (Wildman–Crippen LogP) is 10.0. The zero-order chi connectivity index (χ0) is 30.2. The van der Waals surface area contributed by atoms with Gasteiger partial charge < -0.3 is 4.40 Å². The molecule has 4 aromatic heterocycles. The normalized spacial score (nSPS) is 11.9. The van der Waals surface area contributed by atoms with Gasteiger partial charge in [-0.25, -0.2) is 4.98 Å². The minimum Gasteiger partial charge on any atom is -0.306 e. The van der Waals surface area contributed by atoms with Crippen LogP contribution in [0.25, 0.3) is 88.6 Å². The summed E-state index contributed by atoms with van der Waals surface area (Å²) in [5, 5.41) is 7.14. The molecule has 46 heavy (non-hydrogen) atoms. The van der Waals surface area contributed by atoms with Crippen LogP contribution in [0.5, 0.6) is 0 Å². The molecule has 0 saturated heterocycles. The molecule has 214 valence electrons. The summed E-state index contributed by atoms with van der Waals surface area (Å²) in [6.45, 7) is 0. The Morgan fingerprint density at radius 3 is 1.48 bits per heavy atom. The third-order valence-corrected chi connectivity index (χ3v) is 9.13. The van der Waals surface area contributed by atoms with Crippen molar-refractivity contribution in [2.45, 2.75) is 0 Å². The SMILES string of the molecule is c1ccc(-c2nc(-c3ccccc3)nc(-n3c4cccc5c6ccccc6c6ccccc6n6c7ccccc7c3c6c54)n2)cc1. The minimum atomic E-state index is 0.591. The van der Waals surface area contributed by atoms with Gasteiger partial charge in [0.15, 0.2) is 11.6 Å². The van der Waals surface area contributed by atoms with Crippen LogP contribution >= 0.6 is 0 Å². The minimum absolute atomic E-state index is 0.591. The molecule has 0 radical (unpaired) electrons. The fourth-order valence-corrected chi connectivity index (χ4v) is 7.20. The maximum absolute atomic E-state index is 5.21. The molecule has 0 spiro atoms. The standard InChI is InChI=1S/C41H25N5/c1-3-14-26(15-4-1)39-42-40(27-16-5-2-6-17-27)44-41(43-39)46-35-25-13-22-31-29-19-8-7-18-28(29)30-20-9-11-23-33(30)45-34-24-12-10-21-32(34)37(46)38(45)36(31)35/h1-25H. The van der Waals surface area contributed by atoms with E-state index in [0.717, 1.165) is 44.1 Å². The molecule has 4 heterocycles. The number of hydrogen-bond donors (Lipinski definition) is 0. The van der Waals surface area contributed by atoms with Crippen molar-refractivity contribution in [1.29, 1.82) is 0 Å². The van der Waals surface area contributed by atoms with Crippen molar-refractivity contribution >= 4 is 59.9 Å². The van der Waals surface area contributed by atoms with E-state index in [0.29, 0.717) is 17.6 Å². The van der Waals surface area contributed by atoms with Gasteiger partial charge in [0.25, 0.3) is 0 Å². The molecule has 6 aromatic carbocycles. The average molecular weight is 588 g/mol. The summed E-state index contributed by atoms with van der Waals surface area (Å²) >= 11 is 0. The summed E-state index contributed by atoms with van der Waals surface area (Å²) in [5.41, 5.74) is 7.47. The molecule has 0 atom stereocenters. The quantitative estimate of drug-likeness (QED) is 0.207. The highest BCUT2D eigenvalue weighted by Gasteiger charge is 2.25. The number of aromatic nitrogens is 5. The fraction of sp³-hybridized carbons (Fsp3) is 0. The van der Waals surface area contributed by atoms with Crippen LogP contribution in [0.4, 0.5) is 0 Å². The van der Waals surface area contributed by atoms with Crippen molar-refractivity contribution in [2.24, 2.45) is 0 Å². The molecule has 0 aliphatic carbocycles. The van der Waals surface area contributed by atoms with E-state index in [2.05, 4.69) is 124 Å². The first kappa shape index (κ1) is 25.0. The van der Waals surface area contributed by atoms with Crippen LogP contribution in [-0.4, -0.2) is 23.9 Å². The summed E-state index contributed by atoms with van der Waals surface area (Å²) < 4.78 is 4.69. The highest BCUT2D eigenvalue weighted by Crippen LogP contribution is 2.43. The number of nitrogens with zero attached hydrogens (tertiary/aromatic N) is 5. The molecule has 0 amide bonds. The van der Waals surface area contributed by atoms with Gasteiger partial charge in [0.1, 0.15) is 0 Å². The van der Waals surface area contributed by atoms with Crippen molar-refractivity contribution in [3.63, 3.8) is 0 Å². The van der Waals surface area contributed by atoms with Crippen LogP contribution in [-0.2, 0) is 0 Å². The molecule has 0 N–H and O–H groups in total. The van der Waals surface area contributed by atoms with E-state index in [9.17, 15) is 0 Å². The van der Waals surface area contributed by atoms with Gasteiger partial charge >= 0.3 is 0 Å². The Kier molecular flexibility index (Phi) is 5.22. The van der Waals surface area contributed by atoms with E-state index in [1.165, 1.54) is 26.9 Å². The fourth-order valence-electron chi connectivity index (χ4n) is 7.20. The molecular weight excluding hydrogens is 562 g/mol. The Labute approximate surface area is 263 Å². The molecule has 10 aromatic rings. The van der Waals surface area contributed by atoms with E-state index in [-0.39, 0.29) is 0 Å². The molecule has 5 heteroatoms. The van der Waals surface area contributed by atoms with Crippen LogP contribution in [0.3, 0.4) is 0 Å². The second kappa shape index (κ2) is 9.58. The summed E-state index contributed by atoms with van der Waals surface area (Å²) in [5.74, 6) is 1.87. The van der Waals surface area contributed by atoms with E-state index < -0.39 is 0 Å². The van der Waals surface area contributed by atoms with Crippen LogP contribution in [0.15, 0.2) is 152 Å². The zero-order valence-electron chi connectivity index (χ0n) is 24.7. The predicted molar refractivity (Wildman–Crippen MR) is 189 cm³/mol. The summed E-state index contributed by atoms with van der Waals surface area (Å²) in [4.78, 5) is 15.4. The third kappa shape index (κ3) is 3.48. The van der Waals surface area contributed by atoms with Gasteiger partial charge in [-0.15, -0.1) is 0 Å². The largest absolute Gasteiger partial charge is 0.306 e. The van der Waals surface area contributed by atoms with Crippen molar-refractivity contribution in [2.75, 3.05) is 0 Å². The van der Waals surface area contributed by atoms with Gasteiger partial charge in [-0.05, 0) is 34.4 Å². The van der Waals surface area contributed by atoms with Gasteiger partial charge in [-0.3, -0.25) is 4.57 Å². The molecule has 0 bridgehead atoms. The van der Waals surface area contributed by atoms with Gasteiger partial charge in [0.05, 0.1) is 27.6 Å². The molecule has 0 unspecified atom stereocenters. The van der Waals surface area contributed by atoms with Crippen LogP contribution in [0.2, 0.25) is 0 Å². The number of fused-ring (bicyclic) bond motifs is 8. The van der Waals surface area contributed by atoms with E-state index in [1.54, 1.807) is 0 Å². The maximum atomic E-state index is 5.21. The third-order valence-electron chi connectivity index (χ3n) is 9.13. The summed E-state index contributed by atoms with van der Waals surface area (Å²) in [6.07, 6.45) is 0. The van der Waals surface area contributed by atoms with Crippen LogP contribution in [0, 0.1) is 0 Å². The Morgan fingerprint density at radius 2 is 0.826 bits per heavy atom. The average Bonchev–Trinajstić information content (AvgIpc) is 3.64. The molecule has 0 saturated carbocycles. The number of para-hydroxylation sites is 2. The van der Waals surface area contributed by atoms with Crippen molar-refractivity contribution in [1.82, 2.24) is 23.9 Å². The highest BCUT2D eigenvalue weighted by atomic mass is 15.2. The van der Waals surface area contributed by atoms with Crippen molar-refractivity contribution < 1.29 is 0 Å². The lowest BCUT2D eigenvalue weighted by Gasteiger charge is -2.11. The first-order valence-electron chi connectivity index (χ1n) is 15.5. The van der Waals surface area contributed by atoms with Crippen molar-refractivity contribution in [3.05, 3.63) is 152 Å². The Balaban J connectivity index is 1.47. The smallest absolute Gasteiger partial charge is 0.238 e. The molecule has 5 nitrogen and oxygen atoms in total. The molecule has 10 rings (SSSR count). The maximum Gasteiger partial charge on any atom is 0.238 e. The van der Waals surface area contributed by atoms with Crippen LogP contribution in [0.1, 0.15) is 0 Å². The lowest BCUT2D eigenvalue weighted by atomic mass is 10.0. The van der Waals surface area contributed by atoms with Crippen LogP contribution < -0.4 is 0 Å². The first-order valence-corrected chi connectivity index (χ1v) is 15.5. The highest BCUT2D eigenvalue weighted by molar-refractivity contribution is 6.29. The molecule has 0 aliphatic heterocycles.